The second-order valence-electron chi connectivity index (χ2n) is 10.8. The highest BCUT2D eigenvalue weighted by atomic mass is 16.3. The van der Waals surface area contributed by atoms with E-state index in [1.807, 2.05) is 59.5 Å². The van der Waals surface area contributed by atoms with E-state index >= 15 is 0 Å². The van der Waals surface area contributed by atoms with Crippen LogP contribution in [0.1, 0.15) is 29.5 Å². The first-order chi connectivity index (χ1) is 20.0. The minimum atomic E-state index is -0.745. The Morgan fingerprint density at radius 1 is 0.829 bits per heavy atom. The zero-order chi connectivity index (χ0) is 28.3. The number of carbonyl (C=O) groups excluding carboxylic acids is 3. The third-order valence-corrected chi connectivity index (χ3v) is 8.25. The molecule has 1 unspecified atom stereocenters. The fourth-order valence-corrected chi connectivity index (χ4v) is 6.15. The van der Waals surface area contributed by atoms with Gasteiger partial charge in [0, 0.05) is 32.4 Å². The van der Waals surface area contributed by atoms with Crippen molar-refractivity contribution in [3.8, 4) is 5.75 Å². The lowest BCUT2D eigenvalue weighted by Crippen LogP contribution is -2.71. The van der Waals surface area contributed by atoms with Gasteiger partial charge in [0.05, 0.1) is 6.54 Å². The van der Waals surface area contributed by atoms with Crippen molar-refractivity contribution >= 4 is 28.5 Å². The average Bonchev–Trinajstić information content (AvgIpc) is 3.00. The summed E-state index contributed by atoms with van der Waals surface area (Å²) in [7, 11) is 0. The maximum Gasteiger partial charge on any atom is 0.246 e. The van der Waals surface area contributed by atoms with E-state index in [1.165, 1.54) is 0 Å². The largest absolute Gasteiger partial charge is 0.508 e. The molecular formula is C34H33N3O4. The third-order valence-electron chi connectivity index (χ3n) is 8.25. The van der Waals surface area contributed by atoms with Crippen molar-refractivity contribution in [1.82, 2.24) is 14.7 Å². The fourth-order valence-electron chi connectivity index (χ4n) is 6.15. The molecule has 4 aromatic carbocycles. The molecule has 2 aliphatic rings. The molecule has 2 aliphatic heterocycles. The zero-order valence-corrected chi connectivity index (χ0v) is 22.9. The molecular weight excluding hydrogens is 514 g/mol. The summed E-state index contributed by atoms with van der Waals surface area (Å²) in [6.07, 6.45) is 0.916. The maximum absolute atomic E-state index is 14.1. The highest BCUT2D eigenvalue weighted by Crippen LogP contribution is 2.30. The molecule has 2 fully saturated rings. The van der Waals surface area contributed by atoms with E-state index in [9.17, 15) is 19.5 Å². The molecule has 0 aliphatic carbocycles. The molecule has 0 bridgehead atoms. The lowest BCUT2D eigenvalue weighted by atomic mass is 9.96. The summed E-state index contributed by atoms with van der Waals surface area (Å²) in [6.45, 7) is 0.990. The van der Waals surface area contributed by atoms with Gasteiger partial charge in [0.2, 0.25) is 17.7 Å². The van der Waals surface area contributed by atoms with E-state index in [-0.39, 0.29) is 36.4 Å². The highest BCUT2D eigenvalue weighted by molar-refractivity contribution is 5.92. The van der Waals surface area contributed by atoms with Gasteiger partial charge in [-0.3, -0.25) is 14.4 Å². The van der Waals surface area contributed by atoms with Crippen molar-refractivity contribution in [1.29, 1.82) is 0 Å². The molecule has 7 heteroatoms. The minimum Gasteiger partial charge on any atom is -0.508 e. The number of hydrogen-bond donors (Lipinski definition) is 1. The number of rotatable bonds is 7. The van der Waals surface area contributed by atoms with Crippen molar-refractivity contribution in [2.24, 2.45) is 0 Å². The van der Waals surface area contributed by atoms with E-state index in [4.69, 9.17) is 0 Å². The van der Waals surface area contributed by atoms with Crippen LogP contribution in [0.3, 0.4) is 0 Å². The number of amides is 3. The summed E-state index contributed by atoms with van der Waals surface area (Å²) in [5, 5.41) is 12.0. The molecule has 2 heterocycles. The number of phenols is 1. The smallest absolute Gasteiger partial charge is 0.246 e. The van der Waals surface area contributed by atoms with Gasteiger partial charge in [0.1, 0.15) is 18.0 Å². The molecule has 7 nitrogen and oxygen atoms in total. The van der Waals surface area contributed by atoms with Crippen LogP contribution in [0.2, 0.25) is 0 Å². The first-order valence-electron chi connectivity index (χ1n) is 14.2. The van der Waals surface area contributed by atoms with Gasteiger partial charge < -0.3 is 19.8 Å². The topological polar surface area (TPSA) is 81.2 Å². The van der Waals surface area contributed by atoms with E-state index in [0.717, 1.165) is 27.5 Å². The number of nitrogens with zero attached hydrogens (tertiary/aromatic N) is 3. The van der Waals surface area contributed by atoms with Crippen molar-refractivity contribution in [3.63, 3.8) is 0 Å². The molecule has 0 radical (unpaired) electrons. The van der Waals surface area contributed by atoms with E-state index < -0.39 is 12.2 Å². The Bertz CT molecular complexity index is 1560. The molecule has 41 heavy (non-hydrogen) atoms. The maximum atomic E-state index is 14.1. The summed E-state index contributed by atoms with van der Waals surface area (Å²) >= 11 is 0. The second-order valence-corrected chi connectivity index (χ2v) is 10.8. The number of aromatic hydroxyl groups is 1. The zero-order valence-electron chi connectivity index (χ0n) is 22.9. The number of fused-ring (bicyclic) bond motifs is 2. The van der Waals surface area contributed by atoms with Crippen LogP contribution in [0.25, 0.3) is 10.8 Å². The molecule has 1 N–H and O–H groups in total. The van der Waals surface area contributed by atoms with Crippen molar-refractivity contribution in [2.75, 3.05) is 13.1 Å². The predicted octanol–water partition coefficient (Wildman–Crippen LogP) is 4.52. The Morgan fingerprint density at radius 2 is 1.56 bits per heavy atom. The lowest BCUT2D eigenvalue weighted by molar-refractivity contribution is -0.174. The molecule has 0 saturated carbocycles. The van der Waals surface area contributed by atoms with Crippen LogP contribution in [0.4, 0.5) is 0 Å². The molecule has 0 spiro atoms. The Kier molecular flexibility index (Phi) is 7.42. The summed E-state index contributed by atoms with van der Waals surface area (Å²) in [4.78, 5) is 46.4. The standard InChI is InChI=1S/C34H33N3O4/c38-28-16-13-25(14-17-28)21-30-34(41)35(22-27-11-6-10-26-9-4-5-12-29(26)27)23-31-36(20-19-33(40)37(30)31)32(39)18-15-24-7-2-1-3-8-24/h1-14,16-17,30-31,38H,15,18-23H2/t30?,31-/m1/s1. The van der Waals surface area contributed by atoms with Crippen LogP contribution < -0.4 is 0 Å². The van der Waals surface area contributed by atoms with Gasteiger partial charge in [-0.15, -0.1) is 0 Å². The SMILES string of the molecule is O=C1C(Cc2ccc(O)cc2)N2C(=O)CCN(C(=O)CCc3ccccc3)[C@H]2CN1Cc1cccc2ccccc12. The highest BCUT2D eigenvalue weighted by Gasteiger charge is 2.48. The van der Waals surface area contributed by atoms with Crippen molar-refractivity contribution < 1.29 is 19.5 Å². The number of benzene rings is 4. The fraction of sp³-hybridized carbons (Fsp3) is 0.265. The van der Waals surface area contributed by atoms with Crippen LogP contribution in [0.5, 0.6) is 5.75 Å². The van der Waals surface area contributed by atoms with Crippen molar-refractivity contribution in [2.45, 2.75) is 44.4 Å². The monoisotopic (exact) mass is 547 g/mol. The van der Waals surface area contributed by atoms with Gasteiger partial charge in [-0.25, -0.2) is 0 Å². The molecule has 6 rings (SSSR count). The Balaban J connectivity index is 1.32. The number of phenolic OH excluding ortho intramolecular Hbond substituents is 1. The summed E-state index contributed by atoms with van der Waals surface area (Å²) in [5.74, 6) is -0.110. The van der Waals surface area contributed by atoms with Crippen LogP contribution in [-0.4, -0.2) is 62.8 Å². The number of carbonyl (C=O) groups is 3. The summed E-state index contributed by atoms with van der Waals surface area (Å²) in [6, 6.07) is 30.1. The summed E-state index contributed by atoms with van der Waals surface area (Å²) < 4.78 is 0. The molecule has 2 atom stereocenters. The molecule has 4 aromatic rings. The van der Waals surface area contributed by atoms with E-state index in [2.05, 4.69) is 18.2 Å². The van der Waals surface area contributed by atoms with Crippen LogP contribution in [-0.2, 0) is 33.8 Å². The average molecular weight is 548 g/mol. The van der Waals surface area contributed by atoms with Gasteiger partial charge in [-0.1, -0.05) is 84.9 Å². The Hall–Kier alpha value is -4.65. The Morgan fingerprint density at radius 3 is 2.37 bits per heavy atom. The number of piperazine rings is 1. The van der Waals surface area contributed by atoms with Gasteiger partial charge in [0.15, 0.2) is 0 Å². The molecule has 3 amide bonds. The normalized spacial score (nSPS) is 19.0. The quantitative estimate of drug-likeness (QED) is 0.369. The third kappa shape index (κ3) is 5.53. The predicted molar refractivity (Wildman–Crippen MR) is 157 cm³/mol. The van der Waals surface area contributed by atoms with E-state index in [0.29, 0.717) is 32.4 Å². The van der Waals surface area contributed by atoms with Crippen molar-refractivity contribution in [3.05, 3.63) is 114 Å². The van der Waals surface area contributed by atoms with Crippen LogP contribution in [0.15, 0.2) is 97.1 Å². The van der Waals surface area contributed by atoms with Gasteiger partial charge in [-0.05, 0) is 46.0 Å². The molecule has 208 valence electrons. The molecule has 2 saturated heterocycles. The van der Waals surface area contributed by atoms with Gasteiger partial charge in [0.25, 0.3) is 0 Å². The van der Waals surface area contributed by atoms with Crippen LogP contribution >= 0.6 is 0 Å². The number of aryl methyl sites for hydroxylation is 1. The first-order valence-corrected chi connectivity index (χ1v) is 14.2. The lowest BCUT2D eigenvalue weighted by Gasteiger charge is -2.52. The summed E-state index contributed by atoms with van der Waals surface area (Å²) in [5.41, 5.74) is 2.96. The Labute approximate surface area is 239 Å². The van der Waals surface area contributed by atoms with E-state index in [1.54, 1.807) is 34.1 Å². The first kappa shape index (κ1) is 26.6. The second kappa shape index (κ2) is 11.5. The number of hydrogen-bond acceptors (Lipinski definition) is 4. The van der Waals surface area contributed by atoms with Crippen LogP contribution in [0, 0.1) is 0 Å². The molecule has 0 aromatic heterocycles. The van der Waals surface area contributed by atoms with Gasteiger partial charge in [-0.2, -0.15) is 0 Å². The minimum absolute atomic E-state index is 0.0146. The van der Waals surface area contributed by atoms with Gasteiger partial charge >= 0.3 is 0 Å².